The molecule has 0 heterocycles. The summed E-state index contributed by atoms with van der Waals surface area (Å²) < 4.78 is 0. The van der Waals surface area contributed by atoms with Crippen molar-refractivity contribution in [2.24, 2.45) is 0 Å². The number of carbonyl (C=O) groups is 2. The molecule has 0 fully saturated rings. The van der Waals surface area contributed by atoms with Crippen LogP contribution in [-0.2, 0) is 9.59 Å². The Hall–Kier alpha value is -0.580. The van der Waals surface area contributed by atoms with Crippen LogP contribution in [0.4, 0.5) is 0 Å². The Morgan fingerprint density at radius 3 is 2.25 bits per heavy atom. The molecule has 16 heavy (non-hydrogen) atoms. The van der Waals surface area contributed by atoms with Crippen LogP contribution in [0.3, 0.4) is 0 Å². The van der Waals surface area contributed by atoms with Crippen molar-refractivity contribution < 1.29 is 9.59 Å². The Labute approximate surface area is 106 Å². The molecular formula is C11H21BrN2O2. The molecule has 0 spiro atoms. The Bertz CT molecular complexity index is 230. The van der Waals surface area contributed by atoms with E-state index in [4.69, 9.17) is 0 Å². The van der Waals surface area contributed by atoms with Crippen LogP contribution < -0.4 is 5.32 Å². The number of alkyl halides is 1. The lowest BCUT2D eigenvalue weighted by Gasteiger charge is -2.18. The van der Waals surface area contributed by atoms with Gasteiger partial charge in [0.25, 0.3) is 0 Å². The highest BCUT2D eigenvalue weighted by molar-refractivity contribution is 9.10. The van der Waals surface area contributed by atoms with Crippen molar-refractivity contribution in [3.05, 3.63) is 0 Å². The van der Waals surface area contributed by atoms with E-state index in [1.807, 2.05) is 20.8 Å². The maximum atomic E-state index is 11.6. The van der Waals surface area contributed by atoms with Gasteiger partial charge in [0.1, 0.15) is 0 Å². The van der Waals surface area contributed by atoms with Crippen LogP contribution in [0, 0.1) is 0 Å². The van der Waals surface area contributed by atoms with E-state index in [1.54, 1.807) is 4.90 Å². The molecule has 0 bridgehead atoms. The second-order valence-corrected chi connectivity index (χ2v) is 4.59. The van der Waals surface area contributed by atoms with Crippen LogP contribution in [0.25, 0.3) is 0 Å². The van der Waals surface area contributed by atoms with Crippen LogP contribution in [0.5, 0.6) is 0 Å². The molecule has 0 aliphatic rings. The van der Waals surface area contributed by atoms with Crippen molar-refractivity contribution in [2.45, 2.75) is 38.4 Å². The summed E-state index contributed by atoms with van der Waals surface area (Å²) in [5, 5.41) is 2.73. The first-order valence-corrected chi connectivity index (χ1v) is 6.67. The predicted octanol–water partition coefficient (Wildman–Crippen LogP) is 1.53. The summed E-state index contributed by atoms with van der Waals surface area (Å²) in [4.78, 5) is 24.6. The van der Waals surface area contributed by atoms with Crippen LogP contribution in [-0.4, -0.2) is 41.2 Å². The second kappa shape index (κ2) is 8.56. The van der Waals surface area contributed by atoms with E-state index in [1.165, 1.54) is 0 Å². The zero-order valence-corrected chi connectivity index (χ0v) is 11.8. The lowest BCUT2D eigenvalue weighted by atomic mass is 10.3. The van der Waals surface area contributed by atoms with Crippen LogP contribution in [0.2, 0.25) is 0 Å². The number of amides is 2. The van der Waals surface area contributed by atoms with Crippen LogP contribution in [0.1, 0.15) is 33.6 Å². The molecule has 94 valence electrons. The molecular weight excluding hydrogens is 272 g/mol. The number of hydrogen-bond acceptors (Lipinski definition) is 2. The van der Waals surface area contributed by atoms with E-state index in [-0.39, 0.29) is 16.6 Å². The lowest BCUT2D eigenvalue weighted by molar-refractivity contribution is -0.130. The standard InChI is InChI=1S/C11H21BrN2O2/c1-4-9(12)11(16)13-8-7-10(15)14(5-2)6-3/h9H,4-8H2,1-3H3,(H,13,16). The van der Waals surface area contributed by atoms with E-state index >= 15 is 0 Å². The highest BCUT2D eigenvalue weighted by Crippen LogP contribution is 2.03. The monoisotopic (exact) mass is 292 g/mol. The summed E-state index contributed by atoms with van der Waals surface area (Å²) in [5.74, 6) is 0.0442. The summed E-state index contributed by atoms with van der Waals surface area (Å²) in [5.41, 5.74) is 0. The minimum atomic E-state index is -0.156. The second-order valence-electron chi connectivity index (χ2n) is 3.48. The first kappa shape index (κ1) is 15.4. The first-order chi connectivity index (χ1) is 7.56. The van der Waals surface area contributed by atoms with E-state index < -0.39 is 0 Å². The fraction of sp³-hybridized carbons (Fsp3) is 0.818. The van der Waals surface area contributed by atoms with Crippen molar-refractivity contribution in [2.75, 3.05) is 19.6 Å². The van der Waals surface area contributed by atoms with Gasteiger partial charge in [-0.3, -0.25) is 9.59 Å². The van der Waals surface area contributed by atoms with Gasteiger partial charge >= 0.3 is 0 Å². The minimum Gasteiger partial charge on any atom is -0.355 e. The molecule has 0 aromatic carbocycles. The third-order valence-corrected chi connectivity index (χ3v) is 3.46. The van der Waals surface area contributed by atoms with Gasteiger partial charge in [-0.2, -0.15) is 0 Å². The van der Waals surface area contributed by atoms with Gasteiger partial charge < -0.3 is 10.2 Å². The maximum Gasteiger partial charge on any atom is 0.233 e. The van der Waals surface area contributed by atoms with Gasteiger partial charge in [-0.15, -0.1) is 0 Å². The zero-order chi connectivity index (χ0) is 12.6. The summed E-state index contributed by atoms with van der Waals surface area (Å²) in [7, 11) is 0. The number of rotatable bonds is 7. The lowest BCUT2D eigenvalue weighted by Crippen LogP contribution is -2.36. The molecule has 0 radical (unpaired) electrons. The van der Waals surface area contributed by atoms with Gasteiger partial charge in [0, 0.05) is 26.1 Å². The molecule has 1 N–H and O–H groups in total. The Morgan fingerprint density at radius 1 is 1.25 bits per heavy atom. The van der Waals surface area contributed by atoms with Crippen molar-refractivity contribution in [3.8, 4) is 0 Å². The van der Waals surface area contributed by atoms with Gasteiger partial charge in [-0.1, -0.05) is 22.9 Å². The summed E-state index contributed by atoms with van der Waals surface area (Å²) in [6.07, 6.45) is 1.12. The molecule has 0 aliphatic heterocycles. The molecule has 0 saturated carbocycles. The van der Waals surface area contributed by atoms with Crippen molar-refractivity contribution >= 4 is 27.7 Å². The Balaban J connectivity index is 3.81. The van der Waals surface area contributed by atoms with Crippen molar-refractivity contribution in [1.29, 1.82) is 0 Å². The van der Waals surface area contributed by atoms with E-state index in [0.717, 1.165) is 19.5 Å². The number of hydrogen-bond donors (Lipinski definition) is 1. The molecule has 2 amide bonds. The number of halogens is 1. The smallest absolute Gasteiger partial charge is 0.233 e. The minimum absolute atomic E-state index is 0.0464. The van der Waals surface area contributed by atoms with Crippen molar-refractivity contribution in [1.82, 2.24) is 10.2 Å². The van der Waals surface area contributed by atoms with Gasteiger partial charge in [0.15, 0.2) is 0 Å². The van der Waals surface area contributed by atoms with E-state index in [2.05, 4.69) is 21.2 Å². The average Bonchev–Trinajstić information content (AvgIpc) is 2.29. The summed E-state index contributed by atoms with van der Waals surface area (Å²) in [6.45, 7) is 7.69. The molecule has 0 aromatic rings. The van der Waals surface area contributed by atoms with Crippen LogP contribution >= 0.6 is 15.9 Å². The van der Waals surface area contributed by atoms with Gasteiger partial charge in [0.2, 0.25) is 11.8 Å². The third-order valence-electron chi connectivity index (χ3n) is 2.40. The molecule has 0 aliphatic carbocycles. The number of nitrogens with zero attached hydrogens (tertiary/aromatic N) is 1. The normalized spacial score (nSPS) is 12.0. The largest absolute Gasteiger partial charge is 0.355 e. The molecule has 0 rings (SSSR count). The highest BCUT2D eigenvalue weighted by atomic mass is 79.9. The Kier molecular flexibility index (Phi) is 8.25. The molecule has 0 aromatic heterocycles. The molecule has 4 nitrogen and oxygen atoms in total. The molecule has 5 heteroatoms. The molecule has 0 saturated heterocycles. The fourth-order valence-electron chi connectivity index (χ4n) is 1.32. The summed E-state index contributed by atoms with van der Waals surface area (Å²) >= 11 is 3.26. The Morgan fingerprint density at radius 2 is 1.81 bits per heavy atom. The maximum absolute atomic E-state index is 11.6. The third kappa shape index (κ3) is 5.49. The summed E-state index contributed by atoms with van der Waals surface area (Å²) in [6, 6.07) is 0. The highest BCUT2D eigenvalue weighted by Gasteiger charge is 2.13. The van der Waals surface area contributed by atoms with Gasteiger partial charge in [0.05, 0.1) is 4.83 Å². The van der Waals surface area contributed by atoms with Crippen LogP contribution in [0.15, 0.2) is 0 Å². The number of nitrogens with one attached hydrogen (secondary N) is 1. The van der Waals surface area contributed by atoms with Crippen molar-refractivity contribution in [3.63, 3.8) is 0 Å². The van der Waals surface area contributed by atoms with E-state index in [0.29, 0.717) is 13.0 Å². The van der Waals surface area contributed by atoms with E-state index in [9.17, 15) is 9.59 Å². The zero-order valence-electron chi connectivity index (χ0n) is 10.3. The average molecular weight is 293 g/mol. The topological polar surface area (TPSA) is 49.4 Å². The predicted molar refractivity (Wildman–Crippen MR) is 68.6 cm³/mol. The molecule has 1 unspecified atom stereocenters. The molecule has 1 atom stereocenters. The SMILES string of the molecule is CCC(Br)C(=O)NCCC(=O)N(CC)CC. The van der Waals surface area contributed by atoms with Gasteiger partial charge in [-0.25, -0.2) is 0 Å². The van der Waals surface area contributed by atoms with Gasteiger partial charge in [-0.05, 0) is 20.3 Å². The quantitative estimate of drug-likeness (QED) is 0.724. The number of carbonyl (C=O) groups excluding carboxylic acids is 2. The fourth-order valence-corrected chi connectivity index (χ4v) is 1.49. The first-order valence-electron chi connectivity index (χ1n) is 5.76.